The fourth-order valence-corrected chi connectivity index (χ4v) is 3.57. The summed E-state index contributed by atoms with van der Waals surface area (Å²) < 4.78 is 27.2. The lowest BCUT2D eigenvalue weighted by molar-refractivity contribution is 0.275. The maximum atomic E-state index is 13.7. The first kappa shape index (κ1) is 12.1. The summed E-state index contributed by atoms with van der Waals surface area (Å²) in [5.41, 5.74) is 2.56. The summed E-state index contributed by atoms with van der Waals surface area (Å²) in [6, 6.07) is 2.95. The zero-order valence-corrected chi connectivity index (χ0v) is 11.1. The van der Waals surface area contributed by atoms with Crippen LogP contribution >= 0.6 is 0 Å². The molecule has 4 heteroatoms. The third kappa shape index (κ3) is 1.79. The second-order valence-corrected chi connectivity index (χ2v) is 5.74. The molecule has 20 heavy (non-hydrogen) atoms. The van der Waals surface area contributed by atoms with E-state index in [1.165, 1.54) is 31.0 Å². The van der Waals surface area contributed by atoms with Crippen molar-refractivity contribution in [2.75, 3.05) is 13.1 Å². The normalized spacial score (nSPS) is 23.1. The Labute approximate surface area is 116 Å². The van der Waals surface area contributed by atoms with Crippen LogP contribution < -0.4 is 0 Å². The third-order valence-electron chi connectivity index (χ3n) is 4.58. The summed E-state index contributed by atoms with van der Waals surface area (Å²) in [5.74, 6) is -1.04. The lowest BCUT2D eigenvalue weighted by Gasteiger charge is -2.29. The number of hydrogen-bond donors (Lipinski definition) is 1. The van der Waals surface area contributed by atoms with Crippen LogP contribution in [0, 0.1) is 11.6 Å². The molecule has 0 unspecified atom stereocenters. The number of hydrogen-bond acceptors (Lipinski definition) is 1. The van der Waals surface area contributed by atoms with Gasteiger partial charge in [0.15, 0.2) is 0 Å². The van der Waals surface area contributed by atoms with Crippen LogP contribution in [0.4, 0.5) is 8.78 Å². The van der Waals surface area contributed by atoms with Gasteiger partial charge in [-0.2, -0.15) is 0 Å². The van der Waals surface area contributed by atoms with Crippen molar-refractivity contribution >= 4 is 16.5 Å². The average Bonchev–Trinajstić information content (AvgIpc) is 3.03. The second-order valence-electron chi connectivity index (χ2n) is 5.74. The first-order chi connectivity index (χ1) is 9.72. The number of H-pyrrole nitrogens is 1. The summed E-state index contributed by atoms with van der Waals surface area (Å²) >= 11 is 0. The molecular formula is C16H16F2N2. The maximum absolute atomic E-state index is 13.7. The molecule has 1 atom stereocenters. The van der Waals surface area contributed by atoms with Crippen LogP contribution in [0.3, 0.4) is 0 Å². The highest BCUT2D eigenvalue weighted by Crippen LogP contribution is 2.35. The summed E-state index contributed by atoms with van der Waals surface area (Å²) in [7, 11) is 0. The molecular weight excluding hydrogens is 258 g/mol. The number of aromatic nitrogens is 1. The first-order valence-corrected chi connectivity index (χ1v) is 7.12. The molecule has 0 aliphatic carbocycles. The molecule has 0 bridgehead atoms. The van der Waals surface area contributed by atoms with Crippen LogP contribution in [0.1, 0.15) is 24.8 Å². The summed E-state index contributed by atoms with van der Waals surface area (Å²) in [6.45, 7) is 2.12. The summed E-state index contributed by atoms with van der Waals surface area (Å²) in [6.07, 6.45) is 7.47. The Morgan fingerprint density at radius 2 is 2.15 bits per heavy atom. The molecule has 2 aromatic rings. The molecule has 1 aromatic carbocycles. The monoisotopic (exact) mass is 274 g/mol. The summed E-state index contributed by atoms with van der Waals surface area (Å²) in [4.78, 5) is 5.43. The molecule has 2 nitrogen and oxygen atoms in total. The fourth-order valence-electron chi connectivity index (χ4n) is 3.57. The van der Waals surface area contributed by atoms with Crippen molar-refractivity contribution in [3.63, 3.8) is 0 Å². The molecule has 1 aromatic heterocycles. The van der Waals surface area contributed by atoms with E-state index >= 15 is 0 Å². The Balaban J connectivity index is 1.79. The Kier molecular flexibility index (Phi) is 2.67. The van der Waals surface area contributed by atoms with Gasteiger partial charge in [0, 0.05) is 35.8 Å². The van der Waals surface area contributed by atoms with Gasteiger partial charge in [0.1, 0.15) is 11.6 Å². The van der Waals surface area contributed by atoms with Crippen LogP contribution in [0.2, 0.25) is 0 Å². The minimum Gasteiger partial charge on any atom is -0.358 e. The predicted molar refractivity (Wildman–Crippen MR) is 75.4 cm³/mol. The number of fused-ring (bicyclic) bond motifs is 2. The minimum atomic E-state index is -0.523. The van der Waals surface area contributed by atoms with Crippen LogP contribution in [-0.2, 0) is 0 Å². The van der Waals surface area contributed by atoms with E-state index in [9.17, 15) is 8.78 Å². The van der Waals surface area contributed by atoms with Gasteiger partial charge in [0.2, 0.25) is 0 Å². The summed E-state index contributed by atoms with van der Waals surface area (Å²) in [5, 5.41) is 0.653. The van der Waals surface area contributed by atoms with Gasteiger partial charge in [-0.1, -0.05) is 6.08 Å². The molecule has 0 amide bonds. The zero-order valence-electron chi connectivity index (χ0n) is 11.1. The largest absolute Gasteiger partial charge is 0.358 e. The van der Waals surface area contributed by atoms with Crippen molar-refractivity contribution < 1.29 is 8.78 Å². The number of benzene rings is 1. The molecule has 0 spiro atoms. The molecule has 1 saturated heterocycles. The van der Waals surface area contributed by atoms with Crippen LogP contribution in [0.25, 0.3) is 16.5 Å². The molecule has 1 fully saturated rings. The van der Waals surface area contributed by atoms with E-state index < -0.39 is 11.6 Å². The van der Waals surface area contributed by atoms with E-state index in [1.807, 2.05) is 6.20 Å². The van der Waals surface area contributed by atoms with Gasteiger partial charge < -0.3 is 4.98 Å². The van der Waals surface area contributed by atoms with Crippen LogP contribution in [-0.4, -0.2) is 29.0 Å². The lowest BCUT2D eigenvalue weighted by Crippen LogP contribution is -2.32. The molecule has 0 radical (unpaired) electrons. The van der Waals surface area contributed by atoms with Gasteiger partial charge >= 0.3 is 0 Å². The lowest BCUT2D eigenvalue weighted by atomic mass is 9.94. The van der Waals surface area contributed by atoms with Crippen LogP contribution in [0.5, 0.6) is 0 Å². The number of rotatable bonds is 1. The number of nitrogens with zero attached hydrogens (tertiary/aromatic N) is 1. The van der Waals surface area contributed by atoms with E-state index in [0.29, 0.717) is 16.9 Å². The van der Waals surface area contributed by atoms with Gasteiger partial charge in [-0.3, -0.25) is 4.90 Å². The van der Waals surface area contributed by atoms with Gasteiger partial charge in [0.05, 0.1) is 5.52 Å². The standard InChI is InChI=1S/C16H16F2N2/c17-11-7-13-14(9-19-16(13)15(18)8-11)10-3-5-20-4-1-2-12(20)6-10/h3,7-9,12,19H,1-2,4-6H2/t12-/m0/s1. The molecule has 1 N–H and O–H groups in total. The van der Waals surface area contributed by atoms with Crippen molar-refractivity contribution in [1.29, 1.82) is 0 Å². The van der Waals surface area contributed by atoms with E-state index in [1.54, 1.807) is 0 Å². The van der Waals surface area contributed by atoms with E-state index in [4.69, 9.17) is 0 Å². The number of nitrogens with one attached hydrogen (secondary N) is 1. The predicted octanol–water partition coefficient (Wildman–Crippen LogP) is 3.70. The zero-order chi connectivity index (χ0) is 13.7. The van der Waals surface area contributed by atoms with Crippen molar-refractivity contribution in [1.82, 2.24) is 9.88 Å². The Morgan fingerprint density at radius 3 is 3.05 bits per heavy atom. The van der Waals surface area contributed by atoms with Crippen molar-refractivity contribution in [2.45, 2.75) is 25.3 Å². The van der Waals surface area contributed by atoms with Gasteiger partial charge in [0.25, 0.3) is 0 Å². The third-order valence-corrected chi connectivity index (χ3v) is 4.58. The van der Waals surface area contributed by atoms with Gasteiger partial charge in [-0.15, -0.1) is 0 Å². The Bertz CT molecular complexity index is 702. The highest BCUT2D eigenvalue weighted by atomic mass is 19.1. The smallest absolute Gasteiger partial charge is 0.150 e. The highest BCUT2D eigenvalue weighted by molar-refractivity contribution is 5.93. The minimum absolute atomic E-state index is 0.399. The van der Waals surface area contributed by atoms with Gasteiger partial charge in [-0.25, -0.2) is 8.78 Å². The van der Waals surface area contributed by atoms with Crippen molar-refractivity contribution in [3.8, 4) is 0 Å². The topological polar surface area (TPSA) is 19.0 Å². The van der Waals surface area contributed by atoms with Crippen molar-refractivity contribution in [3.05, 3.63) is 41.6 Å². The number of halogens is 2. The van der Waals surface area contributed by atoms with E-state index in [2.05, 4.69) is 16.0 Å². The molecule has 2 aliphatic rings. The fraction of sp³-hybridized carbons (Fsp3) is 0.375. The highest BCUT2D eigenvalue weighted by Gasteiger charge is 2.28. The van der Waals surface area contributed by atoms with Gasteiger partial charge in [-0.05, 0) is 37.4 Å². The Morgan fingerprint density at radius 1 is 1.25 bits per heavy atom. The molecule has 2 aliphatic heterocycles. The molecule has 3 heterocycles. The first-order valence-electron chi connectivity index (χ1n) is 7.12. The van der Waals surface area contributed by atoms with E-state index in [0.717, 1.165) is 24.6 Å². The Hall–Kier alpha value is -1.68. The SMILES string of the molecule is Fc1cc(F)c2[nH]cc(C3=CCN4CCC[C@H]4C3)c2c1. The average molecular weight is 274 g/mol. The molecule has 104 valence electrons. The number of aromatic amines is 1. The quantitative estimate of drug-likeness (QED) is 0.840. The maximum Gasteiger partial charge on any atom is 0.150 e. The molecule has 0 saturated carbocycles. The van der Waals surface area contributed by atoms with Crippen LogP contribution in [0.15, 0.2) is 24.4 Å². The van der Waals surface area contributed by atoms with Crippen molar-refractivity contribution in [2.24, 2.45) is 0 Å². The molecule has 4 rings (SSSR count). The second kappa shape index (κ2) is 4.42. The van der Waals surface area contributed by atoms with E-state index in [-0.39, 0.29) is 0 Å².